The summed E-state index contributed by atoms with van der Waals surface area (Å²) in [7, 11) is 1.91. The number of hydrogen-bond acceptors (Lipinski definition) is 3. The molecule has 0 bridgehead atoms. The van der Waals surface area contributed by atoms with Gasteiger partial charge in [0.2, 0.25) is 5.91 Å². The molecule has 4 nitrogen and oxygen atoms in total. The van der Waals surface area contributed by atoms with Gasteiger partial charge in [-0.3, -0.25) is 4.79 Å². The minimum atomic E-state index is -0.0219. The van der Waals surface area contributed by atoms with Gasteiger partial charge in [-0.1, -0.05) is 30.3 Å². The molecular formula is C17H24N2O2. The third kappa shape index (κ3) is 3.11. The van der Waals surface area contributed by atoms with Gasteiger partial charge in [-0.25, -0.2) is 0 Å². The lowest BCUT2D eigenvalue weighted by atomic mass is 9.99. The minimum Gasteiger partial charge on any atom is -0.379 e. The molecule has 2 aliphatic heterocycles. The predicted molar refractivity (Wildman–Crippen MR) is 82.0 cm³/mol. The fourth-order valence-electron chi connectivity index (χ4n) is 3.52. The number of amides is 1. The van der Waals surface area contributed by atoms with Crippen LogP contribution in [0.5, 0.6) is 0 Å². The molecule has 4 heteroatoms. The van der Waals surface area contributed by atoms with Crippen molar-refractivity contribution in [1.29, 1.82) is 0 Å². The van der Waals surface area contributed by atoms with Crippen LogP contribution >= 0.6 is 0 Å². The molecule has 3 rings (SSSR count). The Kier molecular flexibility index (Phi) is 4.56. The zero-order valence-electron chi connectivity index (χ0n) is 12.6. The second-order valence-corrected chi connectivity index (χ2v) is 6.06. The summed E-state index contributed by atoms with van der Waals surface area (Å²) in [6.07, 6.45) is 3.18. The molecule has 3 atom stereocenters. The lowest BCUT2D eigenvalue weighted by Gasteiger charge is -2.29. The van der Waals surface area contributed by atoms with Crippen LogP contribution in [0.1, 0.15) is 18.4 Å². The Bertz CT molecular complexity index is 477. The van der Waals surface area contributed by atoms with E-state index in [0.717, 1.165) is 25.8 Å². The minimum absolute atomic E-state index is 0.0219. The Labute approximate surface area is 126 Å². The first kappa shape index (κ1) is 14.5. The van der Waals surface area contributed by atoms with Crippen LogP contribution in [0.3, 0.4) is 0 Å². The molecule has 21 heavy (non-hydrogen) atoms. The van der Waals surface area contributed by atoms with Gasteiger partial charge < -0.3 is 15.0 Å². The first-order chi connectivity index (χ1) is 10.3. The summed E-state index contributed by atoms with van der Waals surface area (Å²) in [5.74, 6) is 0.247. The molecule has 0 saturated carbocycles. The van der Waals surface area contributed by atoms with E-state index in [1.165, 1.54) is 5.56 Å². The summed E-state index contributed by atoms with van der Waals surface area (Å²) >= 11 is 0. The lowest BCUT2D eigenvalue weighted by Crippen LogP contribution is -2.47. The van der Waals surface area contributed by atoms with Crippen LogP contribution in [0.25, 0.3) is 0 Å². The summed E-state index contributed by atoms with van der Waals surface area (Å²) in [6.45, 7) is 2.09. The maximum atomic E-state index is 12.8. The lowest BCUT2D eigenvalue weighted by molar-refractivity contribution is -0.136. The van der Waals surface area contributed by atoms with E-state index in [-0.39, 0.29) is 17.9 Å². The fraction of sp³-hybridized carbons (Fsp3) is 0.588. The van der Waals surface area contributed by atoms with E-state index in [0.29, 0.717) is 19.3 Å². The van der Waals surface area contributed by atoms with E-state index in [9.17, 15) is 4.79 Å². The zero-order chi connectivity index (χ0) is 14.7. The standard InChI is InChI=1S/C17H24N2O2/c1-18-16-12-21-11-15(16)17(20)19-9-5-8-14(19)10-13-6-3-2-4-7-13/h2-4,6-7,14-16,18H,5,8-12H2,1H3. The van der Waals surface area contributed by atoms with E-state index in [1.54, 1.807) is 0 Å². The van der Waals surface area contributed by atoms with E-state index >= 15 is 0 Å². The van der Waals surface area contributed by atoms with Crippen LogP contribution < -0.4 is 5.32 Å². The van der Waals surface area contributed by atoms with Crippen molar-refractivity contribution in [3.8, 4) is 0 Å². The highest BCUT2D eigenvalue weighted by Crippen LogP contribution is 2.26. The largest absolute Gasteiger partial charge is 0.379 e. The van der Waals surface area contributed by atoms with Crippen LogP contribution in [0.2, 0.25) is 0 Å². The van der Waals surface area contributed by atoms with Gasteiger partial charge in [0.05, 0.1) is 19.1 Å². The van der Waals surface area contributed by atoms with Crippen molar-refractivity contribution in [3.05, 3.63) is 35.9 Å². The van der Waals surface area contributed by atoms with Crippen molar-refractivity contribution < 1.29 is 9.53 Å². The SMILES string of the molecule is CNC1COCC1C(=O)N1CCCC1Cc1ccccc1. The number of carbonyl (C=O) groups excluding carboxylic acids is 1. The Morgan fingerprint density at radius 1 is 1.33 bits per heavy atom. The Morgan fingerprint density at radius 2 is 2.14 bits per heavy atom. The molecule has 1 N–H and O–H groups in total. The van der Waals surface area contributed by atoms with Crippen LogP contribution in [0.4, 0.5) is 0 Å². The van der Waals surface area contributed by atoms with Crippen LogP contribution in [-0.2, 0) is 16.0 Å². The van der Waals surface area contributed by atoms with Gasteiger partial charge in [0.15, 0.2) is 0 Å². The highest BCUT2D eigenvalue weighted by Gasteiger charge is 2.39. The molecular weight excluding hydrogens is 264 g/mol. The Balaban J connectivity index is 1.67. The maximum absolute atomic E-state index is 12.8. The molecule has 114 valence electrons. The molecule has 0 aromatic heterocycles. The number of hydrogen-bond donors (Lipinski definition) is 1. The second-order valence-electron chi connectivity index (χ2n) is 6.06. The van der Waals surface area contributed by atoms with E-state index in [1.807, 2.05) is 13.1 Å². The van der Waals surface area contributed by atoms with Crippen LogP contribution in [0, 0.1) is 5.92 Å². The third-order valence-corrected chi connectivity index (χ3v) is 4.74. The van der Waals surface area contributed by atoms with Crippen LogP contribution in [0.15, 0.2) is 30.3 Å². The van der Waals surface area contributed by atoms with E-state index in [4.69, 9.17) is 4.74 Å². The topological polar surface area (TPSA) is 41.6 Å². The van der Waals surface area contributed by atoms with E-state index < -0.39 is 0 Å². The summed E-state index contributed by atoms with van der Waals surface area (Å²) in [5.41, 5.74) is 1.31. The molecule has 2 saturated heterocycles. The van der Waals surface area contributed by atoms with Gasteiger partial charge in [-0.2, -0.15) is 0 Å². The number of likely N-dealkylation sites (N-methyl/N-ethyl adjacent to an activating group) is 1. The Hall–Kier alpha value is -1.39. The first-order valence-electron chi connectivity index (χ1n) is 7.89. The molecule has 1 amide bonds. The molecule has 2 heterocycles. The molecule has 3 unspecified atom stereocenters. The van der Waals surface area contributed by atoms with Gasteiger partial charge in [-0.15, -0.1) is 0 Å². The molecule has 1 aromatic carbocycles. The fourth-order valence-corrected chi connectivity index (χ4v) is 3.52. The number of nitrogens with zero attached hydrogens (tertiary/aromatic N) is 1. The van der Waals surface area contributed by atoms with Gasteiger partial charge >= 0.3 is 0 Å². The predicted octanol–water partition coefficient (Wildman–Crippen LogP) is 1.45. The molecule has 2 fully saturated rings. The van der Waals surface area contributed by atoms with Crippen molar-refractivity contribution >= 4 is 5.91 Å². The molecule has 0 spiro atoms. The number of nitrogens with one attached hydrogen (secondary N) is 1. The van der Waals surface area contributed by atoms with Gasteiger partial charge in [0.25, 0.3) is 0 Å². The molecule has 0 radical (unpaired) electrons. The van der Waals surface area contributed by atoms with Gasteiger partial charge in [0, 0.05) is 18.6 Å². The number of likely N-dealkylation sites (tertiary alicyclic amines) is 1. The highest BCUT2D eigenvalue weighted by molar-refractivity contribution is 5.80. The first-order valence-corrected chi connectivity index (χ1v) is 7.89. The summed E-state index contributed by atoms with van der Waals surface area (Å²) in [6, 6.07) is 11.0. The second kappa shape index (κ2) is 6.58. The zero-order valence-corrected chi connectivity index (χ0v) is 12.6. The number of rotatable bonds is 4. The van der Waals surface area contributed by atoms with Crippen molar-refractivity contribution in [2.75, 3.05) is 26.8 Å². The summed E-state index contributed by atoms with van der Waals surface area (Å²) in [5, 5.41) is 3.21. The summed E-state index contributed by atoms with van der Waals surface area (Å²) in [4.78, 5) is 14.9. The van der Waals surface area contributed by atoms with Crippen LogP contribution in [-0.4, -0.2) is 49.7 Å². The van der Waals surface area contributed by atoms with Crippen molar-refractivity contribution in [3.63, 3.8) is 0 Å². The third-order valence-electron chi connectivity index (χ3n) is 4.74. The molecule has 0 aliphatic carbocycles. The van der Waals surface area contributed by atoms with Crippen molar-refractivity contribution in [2.45, 2.75) is 31.3 Å². The summed E-state index contributed by atoms with van der Waals surface area (Å²) < 4.78 is 5.48. The average molecular weight is 288 g/mol. The van der Waals surface area contributed by atoms with Gasteiger partial charge in [-0.05, 0) is 31.9 Å². The number of benzene rings is 1. The molecule has 2 aliphatic rings. The normalized spacial score (nSPS) is 29.0. The average Bonchev–Trinajstić information content (AvgIpc) is 3.16. The number of carbonyl (C=O) groups is 1. The highest BCUT2D eigenvalue weighted by atomic mass is 16.5. The quantitative estimate of drug-likeness (QED) is 0.912. The van der Waals surface area contributed by atoms with Crippen molar-refractivity contribution in [2.24, 2.45) is 5.92 Å². The number of ether oxygens (including phenoxy) is 1. The monoisotopic (exact) mass is 288 g/mol. The smallest absolute Gasteiger partial charge is 0.229 e. The Morgan fingerprint density at radius 3 is 2.90 bits per heavy atom. The maximum Gasteiger partial charge on any atom is 0.229 e. The van der Waals surface area contributed by atoms with Gasteiger partial charge in [0.1, 0.15) is 0 Å². The van der Waals surface area contributed by atoms with E-state index in [2.05, 4.69) is 34.5 Å². The molecule has 1 aromatic rings. The van der Waals surface area contributed by atoms with Crippen molar-refractivity contribution in [1.82, 2.24) is 10.2 Å².